The van der Waals surface area contributed by atoms with Crippen molar-refractivity contribution in [2.45, 2.75) is 16.7 Å². The van der Waals surface area contributed by atoms with E-state index in [4.69, 9.17) is 0 Å². The van der Waals surface area contributed by atoms with E-state index in [2.05, 4.69) is 0 Å². The lowest BCUT2D eigenvalue weighted by Crippen LogP contribution is -2.12. The largest absolute Gasteiger partial charge is 0.358 e. The fraction of sp³-hybridized carbons (Fsp3) is 0.0667. The summed E-state index contributed by atoms with van der Waals surface area (Å²) in [6, 6.07) is 19.9. The molecule has 0 aliphatic carbocycles. The minimum Gasteiger partial charge on any atom is -0.358 e. The third-order valence-electron chi connectivity index (χ3n) is 2.25. The van der Waals surface area contributed by atoms with Crippen molar-refractivity contribution in [1.82, 2.24) is 0 Å². The van der Waals surface area contributed by atoms with Gasteiger partial charge >= 0.3 is 5.12 Å². The second-order valence-corrected chi connectivity index (χ2v) is 5.55. The predicted molar refractivity (Wildman–Crippen MR) is 73.9 cm³/mol. The van der Waals surface area contributed by atoms with Gasteiger partial charge in [0.2, 0.25) is 0 Å². The number of hydrogen-bond donors (Lipinski definition) is 0. The Bertz CT molecular complexity index is 425. The second kappa shape index (κ2) is 6.26. The van der Waals surface area contributed by atoms with E-state index in [0.717, 1.165) is 9.79 Å². The molecule has 0 radical (unpaired) electrons. The van der Waals surface area contributed by atoms with Crippen LogP contribution in [0.2, 0.25) is 0 Å². The van der Waals surface area contributed by atoms with E-state index in [9.17, 15) is 4.79 Å². The molecule has 0 amide bonds. The van der Waals surface area contributed by atoms with Gasteiger partial charge in [-0.25, -0.2) is 4.79 Å². The summed E-state index contributed by atoms with van der Waals surface area (Å²) < 4.78 is 0. The Hall–Kier alpha value is -1.54. The zero-order valence-electron chi connectivity index (χ0n) is 10.1. The molecule has 0 aliphatic rings. The van der Waals surface area contributed by atoms with E-state index in [1.54, 1.807) is 6.92 Å². The third-order valence-corrected chi connectivity index (χ3v) is 4.31. The molecule has 0 atom stereocenters. The Morgan fingerprint density at radius 2 is 1.18 bits per heavy atom. The van der Waals surface area contributed by atoms with Crippen LogP contribution in [0, 0.1) is 7.43 Å². The molecule has 0 bridgehead atoms. The molecule has 2 aromatic rings. The average Bonchev–Trinajstić information content (AvgIpc) is 2.31. The van der Waals surface area contributed by atoms with Crippen molar-refractivity contribution < 1.29 is 4.79 Å². The van der Waals surface area contributed by atoms with Gasteiger partial charge < -0.3 is 7.43 Å². The van der Waals surface area contributed by atoms with E-state index in [-0.39, 0.29) is 12.5 Å². The van der Waals surface area contributed by atoms with Crippen LogP contribution < -0.4 is 0 Å². The molecular formula is C15H16OS. The Morgan fingerprint density at radius 1 is 0.824 bits per heavy atom. The molecule has 0 heterocycles. The molecule has 0 saturated carbocycles. The highest BCUT2D eigenvalue weighted by atomic mass is 32.2. The Labute approximate surface area is 106 Å². The van der Waals surface area contributed by atoms with E-state index in [1.807, 2.05) is 60.7 Å². The molecule has 2 aromatic carbocycles. The van der Waals surface area contributed by atoms with Gasteiger partial charge in [-0.3, -0.25) is 0 Å². The highest BCUT2D eigenvalue weighted by Crippen LogP contribution is 2.23. The summed E-state index contributed by atoms with van der Waals surface area (Å²) >= 11 is 0. The molecule has 17 heavy (non-hydrogen) atoms. The first-order chi connectivity index (χ1) is 7.79. The molecule has 88 valence electrons. The molecule has 0 fully saturated rings. The lowest BCUT2D eigenvalue weighted by molar-refractivity contribution is -0.109. The molecule has 2 rings (SSSR count). The van der Waals surface area contributed by atoms with Gasteiger partial charge in [-0.2, -0.15) is 0 Å². The maximum Gasteiger partial charge on any atom is 0.339 e. The lowest BCUT2D eigenvalue weighted by Gasteiger charge is -2.02. The topological polar surface area (TPSA) is 17.1 Å². The first-order valence-electron chi connectivity index (χ1n) is 5.14. The van der Waals surface area contributed by atoms with Crippen LogP contribution in [0.4, 0.5) is 0 Å². The quantitative estimate of drug-likeness (QED) is 0.581. The normalized spacial score (nSPS) is 9.76. The van der Waals surface area contributed by atoms with Gasteiger partial charge in [-0.15, -0.1) is 0 Å². The van der Waals surface area contributed by atoms with Crippen LogP contribution in [0.5, 0.6) is 0 Å². The summed E-state index contributed by atoms with van der Waals surface area (Å²) in [6.07, 6.45) is 0. The van der Waals surface area contributed by atoms with E-state index in [1.165, 1.54) is 0 Å². The van der Waals surface area contributed by atoms with Gasteiger partial charge in [-0.1, -0.05) is 36.4 Å². The summed E-state index contributed by atoms with van der Waals surface area (Å²) in [7, 11) is -0.442. The fourth-order valence-electron chi connectivity index (χ4n) is 1.58. The van der Waals surface area contributed by atoms with Crippen LogP contribution in [0.1, 0.15) is 6.92 Å². The van der Waals surface area contributed by atoms with Crippen LogP contribution >= 0.6 is 0 Å². The van der Waals surface area contributed by atoms with Crippen LogP contribution in [0.25, 0.3) is 0 Å². The maximum atomic E-state index is 11.8. The van der Waals surface area contributed by atoms with Crippen LogP contribution in [-0.2, 0) is 15.7 Å². The molecule has 0 aromatic heterocycles. The molecule has 0 N–H and O–H groups in total. The second-order valence-electron chi connectivity index (χ2n) is 3.42. The van der Waals surface area contributed by atoms with Gasteiger partial charge in [0.05, 0.1) is 0 Å². The Balaban J connectivity index is 0.00000144. The SMILES string of the molecule is CC(=O)[S+](c1ccccc1)c1ccccc1.[CH3-]. The average molecular weight is 244 g/mol. The molecule has 0 spiro atoms. The standard InChI is InChI=1S/C14H13OS.CH3/c1-12(15)16(13-8-4-2-5-9-13)14-10-6-3-7-11-14;/h2-11H,1H3;1H3/q+1;-1. The van der Waals surface area contributed by atoms with Crippen LogP contribution in [0.15, 0.2) is 70.5 Å². The van der Waals surface area contributed by atoms with Gasteiger partial charge in [0.25, 0.3) is 0 Å². The maximum absolute atomic E-state index is 11.8. The number of benzene rings is 2. The highest BCUT2D eigenvalue weighted by molar-refractivity contribution is 8.11. The number of rotatable bonds is 2. The summed E-state index contributed by atoms with van der Waals surface area (Å²) in [6.45, 7) is 1.66. The smallest absolute Gasteiger partial charge is 0.339 e. The highest BCUT2D eigenvalue weighted by Gasteiger charge is 2.30. The minimum absolute atomic E-state index is 0. The van der Waals surface area contributed by atoms with Crippen LogP contribution in [-0.4, -0.2) is 5.12 Å². The van der Waals surface area contributed by atoms with Crippen molar-refractivity contribution in [2.75, 3.05) is 0 Å². The van der Waals surface area contributed by atoms with Crippen molar-refractivity contribution in [1.29, 1.82) is 0 Å². The van der Waals surface area contributed by atoms with Crippen molar-refractivity contribution in [3.63, 3.8) is 0 Å². The first kappa shape index (κ1) is 13.5. The minimum atomic E-state index is -0.442. The Morgan fingerprint density at radius 3 is 1.47 bits per heavy atom. The summed E-state index contributed by atoms with van der Waals surface area (Å²) in [5.41, 5.74) is 0. The molecule has 0 saturated heterocycles. The van der Waals surface area contributed by atoms with Crippen molar-refractivity contribution in [3.05, 3.63) is 68.1 Å². The van der Waals surface area contributed by atoms with Gasteiger partial charge in [0.15, 0.2) is 9.79 Å². The van der Waals surface area contributed by atoms with E-state index in [0.29, 0.717) is 0 Å². The van der Waals surface area contributed by atoms with E-state index < -0.39 is 10.9 Å². The fourth-order valence-corrected chi connectivity index (χ4v) is 3.38. The van der Waals surface area contributed by atoms with Gasteiger partial charge in [-0.05, 0) is 24.3 Å². The van der Waals surface area contributed by atoms with Gasteiger partial charge in [0, 0.05) is 6.92 Å². The lowest BCUT2D eigenvalue weighted by atomic mass is 10.4. The summed E-state index contributed by atoms with van der Waals surface area (Å²) in [4.78, 5) is 13.9. The predicted octanol–water partition coefficient (Wildman–Crippen LogP) is 3.72. The van der Waals surface area contributed by atoms with Crippen LogP contribution in [0.3, 0.4) is 0 Å². The molecule has 2 heteroatoms. The number of carbonyl (C=O) groups excluding carboxylic acids is 1. The molecular weight excluding hydrogens is 228 g/mol. The summed E-state index contributed by atoms with van der Waals surface area (Å²) in [5.74, 6) is 0. The summed E-state index contributed by atoms with van der Waals surface area (Å²) in [5, 5.41) is 0.206. The number of carbonyl (C=O) groups is 1. The van der Waals surface area contributed by atoms with Crippen molar-refractivity contribution in [3.8, 4) is 0 Å². The molecule has 0 aliphatic heterocycles. The van der Waals surface area contributed by atoms with Crippen molar-refractivity contribution >= 4 is 16.0 Å². The van der Waals surface area contributed by atoms with Crippen molar-refractivity contribution in [2.24, 2.45) is 0 Å². The first-order valence-corrected chi connectivity index (χ1v) is 6.36. The molecule has 0 unspecified atom stereocenters. The monoisotopic (exact) mass is 244 g/mol. The number of hydrogen-bond acceptors (Lipinski definition) is 1. The van der Waals surface area contributed by atoms with E-state index >= 15 is 0 Å². The zero-order valence-corrected chi connectivity index (χ0v) is 10.9. The Kier molecular flexibility index (Phi) is 4.98. The third kappa shape index (κ3) is 3.21. The molecule has 1 nitrogen and oxygen atoms in total. The van der Waals surface area contributed by atoms with Gasteiger partial charge in [0.1, 0.15) is 10.9 Å². The zero-order chi connectivity index (χ0) is 11.4.